The van der Waals surface area contributed by atoms with Gasteiger partial charge < -0.3 is 10.2 Å². The van der Waals surface area contributed by atoms with Gasteiger partial charge in [-0.15, -0.1) is 0 Å². The Labute approximate surface area is 104 Å². The van der Waals surface area contributed by atoms with E-state index in [2.05, 4.69) is 5.32 Å². The molecule has 0 bridgehead atoms. The van der Waals surface area contributed by atoms with Crippen LogP contribution in [-0.2, 0) is 20.4 Å². The van der Waals surface area contributed by atoms with Gasteiger partial charge in [0.15, 0.2) is 0 Å². The number of amides is 2. The van der Waals surface area contributed by atoms with Crippen molar-refractivity contribution in [2.45, 2.75) is 38.8 Å². The molecule has 0 saturated carbocycles. The highest BCUT2D eigenvalue weighted by molar-refractivity contribution is 7.84. The lowest BCUT2D eigenvalue weighted by Crippen LogP contribution is -2.60. The average Bonchev–Trinajstić information content (AvgIpc) is 2.28. The fourth-order valence-electron chi connectivity index (χ4n) is 2.08. The van der Waals surface area contributed by atoms with Crippen LogP contribution in [0, 0.1) is 0 Å². The van der Waals surface area contributed by atoms with Crippen molar-refractivity contribution < 1.29 is 13.8 Å². The summed E-state index contributed by atoms with van der Waals surface area (Å²) < 4.78 is 11.1. The number of piperazine rings is 1. The lowest BCUT2D eigenvalue weighted by atomic mass is 10.1. The molecule has 0 aromatic carbocycles. The molecule has 1 rings (SSSR count). The third-order valence-corrected chi connectivity index (χ3v) is 3.84. The lowest BCUT2D eigenvalue weighted by Gasteiger charge is -2.38. The van der Waals surface area contributed by atoms with Crippen molar-refractivity contribution in [3.05, 3.63) is 0 Å². The zero-order valence-corrected chi connectivity index (χ0v) is 11.4. The fraction of sp³-hybridized carbons (Fsp3) is 0.818. The van der Waals surface area contributed by atoms with E-state index in [-0.39, 0.29) is 30.4 Å². The quantitative estimate of drug-likeness (QED) is 0.749. The maximum Gasteiger partial charge on any atom is 0.243 e. The van der Waals surface area contributed by atoms with Gasteiger partial charge in [0.25, 0.3) is 0 Å². The molecule has 1 fully saturated rings. The van der Waals surface area contributed by atoms with Crippen molar-refractivity contribution >= 4 is 22.6 Å². The maximum atomic E-state index is 11.8. The molecule has 1 saturated heterocycles. The number of nitrogens with one attached hydrogen (secondary N) is 1. The Morgan fingerprint density at radius 2 is 2.18 bits per heavy atom. The molecular weight excluding hydrogens is 240 g/mol. The summed E-state index contributed by atoms with van der Waals surface area (Å²) in [5, 5.41) is 2.59. The molecule has 1 aliphatic rings. The minimum Gasteiger partial charge on any atom is -0.345 e. The minimum atomic E-state index is -0.862. The molecule has 0 aromatic rings. The Hall–Kier alpha value is -0.910. The van der Waals surface area contributed by atoms with Gasteiger partial charge in [0, 0.05) is 28.9 Å². The van der Waals surface area contributed by atoms with Gasteiger partial charge >= 0.3 is 0 Å². The molecule has 5 nitrogen and oxygen atoms in total. The Morgan fingerprint density at radius 1 is 1.53 bits per heavy atom. The van der Waals surface area contributed by atoms with Crippen LogP contribution < -0.4 is 5.32 Å². The van der Waals surface area contributed by atoms with E-state index in [1.807, 2.05) is 13.8 Å². The topological polar surface area (TPSA) is 66.5 Å². The van der Waals surface area contributed by atoms with Crippen molar-refractivity contribution in [2.24, 2.45) is 0 Å². The van der Waals surface area contributed by atoms with Crippen molar-refractivity contribution in [2.75, 3.05) is 18.6 Å². The Bertz CT molecular complexity index is 333. The second-order valence-electron chi connectivity index (χ2n) is 4.36. The molecule has 17 heavy (non-hydrogen) atoms. The number of hydrogen-bond donors (Lipinski definition) is 1. The van der Waals surface area contributed by atoms with E-state index in [9.17, 15) is 13.8 Å². The SMILES string of the molecule is CCC1C(=O)NCC(=O)N1C(C)CCS(C)=O. The molecule has 0 aliphatic carbocycles. The van der Waals surface area contributed by atoms with Crippen LogP contribution in [-0.4, -0.2) is 51.6 Å². The zero-order chi connectivity index (χ0) is 13.0. The number of rotatable bonds is 5. The van der Waals surface area contributed by atoms with Gasteiger partial charge in [0.1, 0.15) is 6.04 Å². The van der Waals surface area contributed by atoms with Gasteiger partial charge in [-0.1, -0.05) is 6.92 Å². The summed E-state index contributed by atoms with van der Waals surface area (Å²) in [5.74, 6) is 0.422. The molecule has 3 unspecified atom stereocenters. The number of carbonyl (C=O) groups excluding carboxylic acids is 2. The summed E-state index contributed by atoms with van der Waals surface area (Å²) in [4.78, 5) is 25.1. The van der Waals surface area contributed by atoms with Crippen LogP contribution in [0.1, 0.15) is 26.7 Å². The molecule has 3 atom stereocenters. The van der Waals surface area contributed by atoms with E-state index in [0.717, 1.165) is 0 Å². The summed E-state index contributed by atoms with van der Waals surface area (Å²) in [5.41, 5.74) is 0. The Morgan fingerprint density at radius 3 is 2.71 bits per heavy atom. The molecular formula is C11H20N2O3S. The monoisotopic (exact) mass is 260 g/mol. The van der Waals surface area contributed by atoms with Gasteiger partial charge in [-0.2, -0.15) is 0 Å². The highest BCUT2D eigenvalue weighted by Crippen LogP contribution is 2.16. The summed E-state index contributed by atoms with van der Waals surface area (Å²) in [6.45, 7) is 3.88. The van der Waals surface area contributed by atoms with E-state index >= 15 is 0 Å². The smallest absolute Gasteiger partial charge is 0.243 e. The van der Waals surface area contributed by atoms with Gasteiger partial charge in [-0.05, 0) is 19.8 Å². The third-order valence-electron chi connectivity index (χ3n) is 3.02. The number of nitrogens with zero attached hydrogens (tertiary/aromatic N) is 1. The molecule has 1 N–H and O–H groups in total. The Balaban J connectivity index is 2.72. The first-order chi connectivity index (χ1) is 7.97. The van der Waals surface area contributed by atoms with Crippen LogP contribution in [0.15, 0.2) is 0 Å². The lowest BCUT2D eigenvalue weighted by molar-refractivity contribution is -0.148. The number of carbonyl (C=O) groups is 2. The highest BCUT2D eigenvalue weighted by Gasteiger charge is 2.35. The minimum absolute atomic E-state index is 0.0394. The second-order valence-corrected chi connectivity index (χ2v) is 5.91. The highest BCUT2D eigenvalue weighted by atomic mass is 32.2. The molecule has 1 aliphatic heterocycles. The third kappa shape index (κ3) is 3.52. The largest absolute Gasteiger partial charge is 0.345 e. The summed E-state index contributed by atoms with van der Waals surface area (Å²) in [7, 11) is -0.862. The predicted octanol–water partition coefficient (Wildman–Crippen LogP) is -0.119. The zero-order valence-electron chi connectivity index (χ0n) is 10.6. The van der Waals surface area contributed by atoms with Crippen LogP contribution in [0.5, 0.6) is 0 Å². The van der Waals surface area contributed by atoms with Crippen LogP contribution in [0.25, 0.3) is 0 Å². The first kappa shape index (κ1) is 14.2. The van der Waals surface area contributed by atoms with E-state index in [0.29, 0.717) is 18.6 Å². The van der Waals surface area contributed by atoms with E-state index in [1.165, 1.54) is 0 Å². The van der Waals surface area contributed by atoms with Gasteiger partial charge in [-0.25, -0.2) is 0 Å². The summed E-state index contributed by atoms with van der Waals surface area (Å²) >= 11 is 0. The standard InChI is InChI=1S/C11H20N2O3S/c1-4-9-11(15)12-7-10(14)13(9)8(2)5-6-17(3)16/h8-9H,4-7H2,1-3H3,(H,12,15). The van der Waals surface area contributed by atoms with Gasteiger partial charge in [0.2, 0.25) is 11.8 Å². The molecule has 0 spiro atoms. The summed E-state index contributed by atoms with van der Waals surface area (Å²) in [6, 6.07) is -0.418. The van der Waals surface area contributed by atoms with Crippen molar-refractivity contribution in [1.29, 1.82) is 0 Å². The van der Waals surface area contributed by atoms with Crippen LogP contribution in [0.4, 0.5) is 0 Å². The normalized spacial score (nSPS) is 24.4. The fourth-order valence-corrected chi connectivity index (χ4v) is 2.76. The molecule has 98 valence electrons. The van der Waals surface area contributed by atoms with Crippen molar-refractivity contribution in [1.82, 2.24) is 10.2 Å². The van der Waals surface area contributed by atoms with Crippen molar-refractivity contribution in [3.8, 4) is 0 Å². The number of hydrogen-bond acceptors (Lipinski definition) is 3. The van der Waals surface area contributed by atoms with E-state index in [1.54, 1.807) is 11.2 Å². The van der Waals surface area contributed by atoms with E-state index < -0.39 is 10.8 Å². The average molecular weight is 260 g/mol. The van der Waals surface area contributed by atoms with Crippen molar-refractivity contribution in [3.63, 3.8) is 0 Å². The molecule has 1 heterocycles. The predicted molar refractivity (Wildman–Crippen MR) is 66.9 cm³/mol. The first-order valence-electron chi connectivity index (χ1n) is 5.86. The molecule has 2 amide bonds. The molecule has 0 radical (unpaired) electrons. The maximum absolute atomic E-state index is 11.8. The molecule has 6 heteroatoms. The second kappa shape index (κ2) is 6.14. The van der Waals surface area contributed by atoms with Gasteiger partial charge in [-0.3, -0.25) is 13.8 Å². The van der Waals surface area contributed by atoms with Crippen LogP contribution >= 0.6 is 0 Å². The first-order valence-corrected chi connectivity index (χ1v) is 7.59. The molecule has 0 aromatic heterocycles. The van der Waals surface area contributed by atoms with E-state index in [4.69, 9.17) is 0 Å². The van der Waals surface area contributed by atoms with Crippen LogP contribution in [0.3, 0.4) is 0 Å². The van der Waals surface area contributed by atoms with Crippen LogP contribution in [0.2, 0.25) is 0 Å². The van der Waals surface area contributed by atoms with Gasteiger partial charge in [0.05, 0.1) is 6.54 Å². The Kier molecular flexibility index (Phi) is 5.11. The summed E-state index contributed by atoms with van der Waals surface area (Å²) in [6.07, 6.45) is 2.92.